The molecule has 11 heteroatoms. The van der Waals surface area contributed by atoms with E-state index in [1.165, 1.54) is 50.2 Å². The molecule has 0 aliphatic carbocycles. The van der Waals surface area contributed by atoms with Gasteiger partial charge in [-0.05, 0) is 54.6 Å². The SMILES string of the molecule is COc1ccc(NS(=O)(=O)c2ccc(NC(=O)CSc3ccc(OC)c(OC)c3)cc2)c(OC)c1. The van der Waals surface area contributed by atoms with Gasteiger partial charge in [0.05, 0.1) is 44.8 Å². The molecule has 186 valence electrons. The zero-order valence-electron chi connectivity index (χ0n) is 19.7. The molecule has 0 spiro atoms. The van der Waals surface area contributed by atoms with E-state index in [1.807, 2.05) is 6.07 Å². The number of carbonyl (C=O) groups excluding carboxylic acids is 1. The lowest BCUT2D eigenvalue weighted by Gasteiger charge is -2.13. The van der Waals surface area contributed by atoms with Crippen molar-refractivity contribution in [2.45, 2.75) is 9.79 Å². The number of amides is 1. The van der Waals surface area contributed by atoms with Crippen LogP contribution in [0, 0.1) is 0 Å². The number of methoxy groups -OCH3 is 4. The van der Waals surface area contributed by atoms with Crippen LogP contribution in [0.5, 0.6) is 23.0 Å². The number of anilines is 2. The Kier molecular flexibility index (Phi) is 8.72. The molecular weight excluding hydrogens is 492 g/mol. The Morgan fingerprint density at radius 3 is 2.11 bits per heavy atom. The maximum absolute atomic E-state index is 12.8. The van der Waals surface area contributed by atoms with Gasteiger partial charge >= 0.3 is 0 Å². The Bertz CT molecular complexity index is 1280. The number of hydrogen-bond donors (Lipinski definition) is 2. The van der Waals surface area contributed by atoms with E-state index in [-0.39, 0.29) is 22.2 Å². The quantitative estimate of drug-likeness (QED) is 0.362. The normalized spacial score (nSPS) is 10.9. The van der Waals surface area contributed by atoms with Crippen molar-refractivity contribution in [2.75, 3.05) is 44.2 Å². The van der Waals surface area contributed by atoms with Crippen molar-refractivity contribution in [1.82, 2.24) is 0 Å². The second-order valence-corrected chi connectivity index (χ2v) is 9.78. The fraction of sp³-hybridized carbons (Fsp3) is 0.208. The maximum Gasteiger partial charge on any atom is 0.262 e. The molecule has 3 rings (SSSR count). The summed E-state index contributed by atoms with van der Waals surface area (Å²) in [5.74, 6) is 1.97. The molecule has 35 heavy (non-hydrogen) atoms. The lowest BCUT2D eigenvalue weighted by atomic mass is 10.3. The summed E-state index contributed by atoms with van der Waals surface area (Å²) >= 11 is 1.34. The number of thioether (sulfide) groups is 1. The van der Waals surface area contributed by atoms with E-state index in [2.05, 4.69) is 10.0 Å². The van der Waals surface area contributed by atoms with Crippen LogP contribution in [0.25, 0.3) is 0 Å². The highest BCUT2D eigenvalue weighted by atomic mass is 32.2. The zero-order valence-corrected chi connectivity index (χ0v) is 21.3. The number of sulfonamides is 1. The van der Waals surface area contributed by atoms with Gasteiger partial charge in [-0.3, -0.25) is 9.52 Å². The number of rotatable bonds is 11. The van der Waals surface area contributed by atoms with E-state index in [1.54, 1.807) is 44.6 Å². The van der Waals surface area contributed by atoms with Gasteiger partial charge in [-0.15, -0.1) is 11.8 Å². The predicted molar refractivity (Wildman–Crippen MR) is 136 cm³/mol. The molecule has 0 radical (unpaired) electrons. The number of benzene rings is 3. The summed E-state index contributed by atoms with van der Waals surface area (Å²) < 4.78 is 49.0. The first kappa shape index (κ1) is 26.0. The number of carbonyl (C=O) groups is 1. The van der Waals surface area contributed by atoms with Crippen LogP contribution in [0.15, 0.2) is 70.5 Å². The highest BCUT2D eigenvalue weighted by Gasteiger charge is 2.17. The summed E-state index contributed by atoms with van der Waals surface area (Å²) in [4.78, 5) is 13.2. The van der Waals surface area contributed by atoms with Crippen LogP contribution in [0.2, 0.25) is 0 Å². The average Bonchev–Trinajstić information content (AvgIpc) is 2.87. The molecular formula is C24H26N2O7S2. The molecule has 0 atom stereocenters. The van der Waals surface area contributed by atoms with Crippen LogP contribution < -0.4 is 29.0 Å². The molecule has 0 aliphatic rings. The van der Waals surface area contributed by atoms with Crippen molar-refractivity contribution in [1.29, 1.82) is 0 Å². The smallest absolute Gasteiger partial charge is 0.262 e. The van der Waals surface area contributed by atoms with Crippen LogP contribution >= 0.6 is 11.8 Å². The Morgan fingerprint density at radius 1 is 0.800 bits per heavy atom. The minimum absolute atomic E-state index is 0.0353. The Morgan fingerprint density at radius 2 is 1.49 bits per heavy atom. The van der Waals surface area contributed by atoms with Gasteiger partial charge in [-0.25, -0.2) is 8.42 Å². The summed E-state index contributed by atoms with van der Waals surface area (Å²) in [5, 5.41) is 2.76. The first-order chi connectivity index (χ1) is 16.8. The average molecular weight is 519 g/mol. The predicted octanol–water partition coefficient (Wildman–Crippen LogP) is 4.25. The van der Waals surface area contributed by atoms with Crippen LogP contribution in [-0.4, -0.2) is 48.5 Å². The Hall–Kier alpha value is -3.57. The highest BCUT2D eigenvalue weighted by molar-refractivity contribution is 8.00. The van der Waals surface area contributed by atoms with Crippen molar-refractivity contribution in [3.8, 4) is 23.0 Å². The topological polar surface area (TPSA) is 112 Å². The summed E-state index contributed by atoms with van der Waals surface area (Å²) in [6.45, 7) is 0. The fourth-order valence-electron chi connectivity index (χ4n) is 3.06. The van der Waals surface area contributed by atoms with Gasteiger partial charge in [-0.1, -0.05) is 0 Å². The number of nitrogens with one attached hydrogen (secondary N) is 2. The van der Waals surface area contributed by atoms with Crippen LogP contribution in [-0.2, 0) is 14.8 Å². The molecule has 0 fully saturated rings. The van der Waals surface area contributed by atoms with Gasteiger partial charge in [-0.2, -0.15) is 0 Å². The first-order valence-corrected chi connectivity index (χ1v) is 12.8. The molecule has 0 saturated carbocycles. The largest absolute Gasteiger partial charge is 0.497 e. The third-order valence-electron chi connectivity index (χ3n) is 4.83. The molecule has 1 amide bonds. The zero-order chi connectivity index (χ0) is 25.4. The molecule has 0 heterocycles. The second-order valence-electron chi connectivity index (χ2n) is 7.05. The van der Waals surface area contributed by atoms with Crippen molar-refractivity contribution in [2.24, 2.45) is 0 Å². The third kappa shape index (κ3) is 6.74. The minimum Gasteiger partial charge on any atom is -0.497 e. The third-order valence-corrected chi connectivity index (χ3v) is 7.20. The molecule has 0 bridgehead atoms. The molecule has 2 N–H and O–H groups in total. The van der Waals surface area contributed by atoms with E-state index >= 15 is 0 Å². The minimum atomic E-state index is -3.88. The van der Waals surface area contributed by atoms with Gasteiger partial charge in [0.15, 0.2) is 11.5 Å². The lowest BCUT2D eigenvalue weighted by molar-refractivity contribution is -0.113. The summed E-state index contributed by atoms with van der Waals surface area (Å²) in [6, 6.07) is 16.0. The summed E-state index contributed by atoms with van der Waals surface area (Å²) in [7, 11) is 2.17. The maximum atomic E-state index is 12.8. The van der Waals surface area contributed by atoms with Crippen LogP contribution in [0.4, 0.5) is 11.4 Å². The van der Waals surface area contributed by atoms with Gasteiger partial charge in [0.2, 0.25) is 5.91 Å². The summed E-state index contributed by atoms with van der Waals surface area (Å²) in [5.41, 5.74) is 0.752. The number of ether oxygens (including phenoxy) is 4. The molecule has 0 aromatic heterocycles. The van der Waals surface area contributed by atoms with Crippen molar-refractivity contribution in [3.05, 3.63) is 60.7 Å². The second kappa shape index (κ2) is 11.7. The first-order valence-electron chi connectivity index (χ1n) is 10.3. The molecule has 9 nitrogen and oxygen atoms in total. The number of hydrogen-bond acceptors (Lipinski definition) is 8. The van der Waals surface area contributed by atoms with E-state index in [9.17, 15) is 13.2 Å². The highest BCUT2D eigenvalue weighted by Crippen LogP contribution is 2.32. The van der Waals surface area contributed by atoms with E-state index < -0.39 is 10.0 Å². The van der Waals surface area contributed by atoms with Crippen molar-refractivity contribution in [3.63, 3.8) is 0 Å². The van der Waals surface area contributed by atoms with Gasteiger partial charge in [0.25, 0.3) is 10.0 Å². The van der Waals surface area contributed by atoms with Gasteiger partial charge < -0.3 is 24.3 Å². The molecule has 3 aromatic carbocycles. The molecule has 0 saturated heterocycles. The Balaban J connectivity index is 1.62. The van der Waals surface area contributed by atoms with Crippen LogP contribution in [0.3, 0.4) is 0 Å². The van der Waals surface area contributed by atoms with Crippen molar-refractivity contribution >= 4 is 39.1 Å². The fourth-order valence-corrected chi connectivity index (χ4v) is 4.85. The molecule has 3 aromatic rings. The van der Waals surface area contributed by atoms with E-state index in [0.29, 0.717) is 28.7 Å². The standard InChI is InChI=1S/C24H26N2O7S2/c1-30-17-7-11-20(22(13-17)32-3)26-35(28,29)19-9-5-16(6-10-19)25-24(27)15-34-18-8-12-21(31-2)23(14-18)33-4/h5-14,26H,15H2,1-4H3,(H,25,27). The van der Waals surface area contributed by atoms with Gasteiger partial charge in [0, 0.05) is 16.6 Å². The molecule has 0 unspecified atom stereocenters. The lowest BCUT2D eigenvalue weighted by Crippen LogP contribution is -2.15. The van der Waals surface area contributed by atoms with E-state index in [4.69, 9.17) is 18.9 Å². The monoisotopic (exact) mass is 518 g/mol. The Labute approximate surface area is 208 Å². The van der Waals surface area contributed by atoms with Crippen molar-refractivity contribution < 1.29 is 32.2 Å². The van der Waals surface area contributed by atoms with Gasteiger partial charge in [0.1, 0.15) is 11.5 Å². The molecule has 0 aliphatic heterocycles. The van der Waals surface area contributed by atoms with E-state index in [0.717, 1.165) is 4.90 Å². The summed E-state index contributed by atoms with van der Waals surface area (Å²) in [6.07, 6.45) is 0. The van der Waals surface area contributed by atoms with Crippen LogP contribution in [0.1, 0.15) is 0 Å².